The third-order valence-electron chi connectivity index (χ3n) is 2.30. The molecule has 2 aromatic rings. The van der Waals surface area contributed by atoms with E-state index in [-0.39, 0.29) is 0 Å². The molecule has 0 aromatic carbocycles. The van der Waals surface area contributed by atoms with Gasteiger partial charge in [0.05, 0.1) is 20.3 Å². The van der Waals surface area contributed by atoms with Crippen LogP contribution < -0.4 is 5.32 Å². The average Bonchev–Trinajstić information content (AvgIpc) is 2.72. The van der Waals surface area contributed by atoms with E-state index in [4.69, 9.17) is 21.4 Å². The molecule has 2 aromatic heterocycles. The van der Waals surface area contributed by atoms with Crippen LogP contribution in [0.5, 0.6) is 0 Å². The van der Waals surface area contributed by atoms with Crippen molar-refractivity contribution in [2.24, 2.45) is 0 Å². The molecule has 0 radical (unpaired) electrons. The van der Waals surface area contributed by atoms with Crippen molar-refractivity contribution in [1.82, 2.24) is 0 Å². The van der Waals surface area contributed by atoms with Gasteiger partial charge in [0, 0.05) is 24.6 Å². The molecule has 0 unspecified atom stereocenters. The lowest BCUT2D eigenvalue weighted by molar-refractivity contribution is 0.144. The standard InChI is InChI=1S/C12H14BrNO2S2/c1-2-4-15-5-3-14-10-6-9(17)12-11(16-10)8(13)7-18-12/h6-7,14H,2-5H2,1H3. The Morgan fingerprint density at radius 2 is 2.33 bits per heavy atom. The van der Waals surface area contributed by atoms with Crippen molar-refractivity contribution in [3.8, 4) is 0 Å². The molecule has 3 nitrogen and oxygen atoms in total. The maximum atomic E-state index is 5.75. The van der Waals surface area contributed by atoms with Gasteiger partial charge in [-0.25, -0.2) is 0 Å². The fraction of sp³-hybridized carbons (Fsp3) is 0.417. The Balaban J connectivity index is 2.05. The van der Waals surface area contributed by atoms with E-state index in [1.807, 2.05) is 11.4 Å². The number of hydrogen-bond acceptors (Lipinski definition) is 5. The number of anilines is 1. The maximum absolute atomic E-state index is 5.75. The van der Waals surface area contributed by atoms with Gasteiger partial charge in [-0.3, -0.25) is 0 Å². The second kappa shape index (κ2) is 6.65. The zero-order valence-corrected chi connectivity index (χ0v) is 13.2. The van der Waals surface area contributed by atoms with Crippen molar-refractivity contribution in [2.45, 2.75) is 13.3 Å². The molecule has 0 aliphatic heterocycles. The number of thiophene rings is 1. The Labute approximate surface area is 123 Å². The Bertz CT molecular complexity index is 579. The number of halogens is 1. The number of rotatable bonds is 6. The molecule has 6 heteroatoms. The SMILES string of the molecule is CCCOCCNc1cc(=S)c2scc(Br)c2o1. The fourth-order valence-electron chi connectivity index (χ4n) is 1.50. The van der Waals surface area contributed by atoms with E-state index in [1.54, 1.807) is 11.3 Å². The molecule has 0 atom stereocenters. The molecular weight excluding hydrogens is 334 g/mol. The Morgan fingerprint density at radius 3 is 3.11 bits per heavy atom. The second-order valence-corrected chi connectivity index (χ2v) is 5.93. The van der Waals surface area contributed by atoms with Crippen molar-refractivity contribution >= 4 is 55.7 Å². The van der Waals surface area contributed by atoms with Crippen LogP contribution in [0.1, 0.15) is 13.3 Å². The second-order valence-electron chi connectivity index (χ2n) is 3.76. The van der Waals surface area contributed by atoms with Crippen molar-refractivity contribution in [3.63, 3.8) is 0 Å². The summed E-state index contributed by atoms with van der Waals surface area (Å²) in [6, 6.07) is 1.85. The summed E-state index contributed by atoms with van der Waals surface area (Å²) in [6.07, 6.45) is 1.04. The molecule has 2 heterocycles. The summed E-state index contributed by atoms with van der Waals surface area (Å²) < 4.78 is 13.9. The topological polar surface area (TPSA) is 34.4 Å². The first kappa shape index (κ1) is 14.0. The van der Waals surface area contributed by atoms with Gasteiger partial charge in [0.1, 0.15) is 0 Å². The summed E-state index contributed by atoms with van der Waals surface area (Å²) in [6.45, 7) is 4.26. The number of ether oxygens (including phenoxy) is 1. The van der Waals surface area contributed by atoms with Gasteiger partial charge in [0.2, 0.25) is 0 Å². The third kappa shape index (κ3) is 3.32. The molecule has 98 valence electrons. The quantitative estimate of drug-likeness (QED) is 0.599. The molecular formula is C12H14BrNO2S2. The highest BCUT2D eigenvalue weighted by Crippen LogP contribution is 2.33. The van der Waals surface area contributed by atoms with E-state index >= 15 is 0 Å². The summed E-state index contributed by atoms with van der Waals surface area (Å²) in [5, 5.41) is 5.16. The minimum Gasteiger partial charge on any atom is -0.439 e. The summed E-state index contributed by atoms with van der Waals surface area (Å²) in [4.78, 5) is 0. The van der Waals surface area contributed by atoms with Crippen LogP contribution in [0.4, 0.5) is 5.88 Å². The van der Waals surface area contributed by atoms with Crippen molar-refractivity contribution < 1.29 is 9.15 Å². The molecule has 0 amide bonds. The minimum atomic E-state index is 0.666. The predicted octanol–water partition coefficient (Wildman–Crippen LogP) is 4.82. The highest BCUT2D eigenvalue weighted by Gasteiger charge is 2.07. The highest BCUT2D eigenvalue weighted by molar-refractivity contribution is 9.10. The first-order valence-electron chi connectivity index (χ1n) is 5.75. The van der Waals surface area contributed by atoms with E-state index < -0.39 is 0 Å². The van der Waals surface area contributed by atoms with Crippen LogP contribution in [-0.2, 0) is 4.74 Å². The van der Waals surface area contributed by atoms with Gasteiger partial charge in [-0.15, -0.1) is 11.3 Å². The summed E-state index contributed by atoms with van der Waals surface area (Å²) in [5.41, 5.74) is 0.810. The lowest BCUT2D eigenvalue weighted by Gasteiger charge is -2.06. The monoisotopic (exact) mass is 347 g/mol. The molecule has 0 aliphatic carbocycles. The Morgan fingerprint density at radius 1 is 1.50 bits per heavy atom. The third-order valence-corrected chi connectivity index (χ3v) is 4.63. The van der Waals surface area contributed by atoms with Gasteiger partial charge in [0.15, 0.2) is 11.5 Å². The van der Waals surface area contributed by atoms with E-state index in [2.05, 4.69) is 28.2 Å². The van der Waals surface area contributed by atoms with Gasteiger partial charge in [-0.1, -0.05) is 19.1 Å². The van der Waals surface area contributed by atoms with Crippen LogP contribution in [0.25, 0.3) is 10.3 Å². The fourth-order valence-corrected chi connectivity index (χ4v) is 3.29. The smallest absolute Gasteiger partial charge is 0.195 e. The zero-order valence-electron chi connectivity index (χ0n) is 9.99. The number of fused-ring (bicyclic) bond motifs is 1. The average molecular weight is 348 g/mol. The summed E-state index contributed by atoms with van der Waals surface area (Å²) in [7, 11) is 0. The normalized spacial score (nSPS) is 11.0. The van der Waals surface area contributed by atoms with E-state index in [0.29, 0.717) is 19.0 Å². The van der Waals surface area contributed by atoms with Gasteiger partial charge < -0.3 is 14.5 Å². The van der Waals surface area contributed by atoms with Gasteiger partial charge in [-0.05, 0) is 22.4 Å². The largest absolute Gasteiger partial charge is 0.439 e. The van der Waals surface area contributed by atoms with E-state index in [9.17, 15) is 0 Å². The van der Waals surface area contributed by atoms with Gasteiger partial charge in [0.25, 0.3) is 0 Å². The number of nitrogens with one attached hydrogen (secondary N) is 1. The van der Waals surface area contributed by atoms with Crippen LogP contribution >= 0.6 is 39.5 Å². The van der Waals surface area contributed by atoms with E-state index in [0.717, 1.165) is 32.3 Å². The highest BCUT2D eigenvalue weighted by atomic mass is 79.9. The first-order valence-corrected chi connectivity index (χ1v) is 7.83. The molecule has 0 saturated heterocycles. The lowest BCUT2D eigenvalue weighted by atomic mass is 10.4. The van der Waals surface area contributed by atoms with Crippen LogP contribution in [0.15, 0.2) is 20.3 Å². The molecule has 0 fully saturated rings. The minimum absolute atomic E-state index is 0.666. The first-order chi connectivity index (χ1) is 8.72. The van der Waals surface area contributed by atoms with Gasteiger partial charge in [-0.2, -0.15) is 0 Å². The molecule has 0 aliphatic rings. The molecule has 2 rings (SSSR count). The molecule has 0 bridgehead atoms. The summed E-state index contributed by atoms with van der Waals surface area (Å²) >= 11 is 10.4. The van der Waals surface area contributed by atoms with Crippen LogP contribution in [0.3, 0.4) is 0 Å². The molecule has 0 saturated carbocycles. The Kier molecular flexibility index (Phi) is 5.17. The van der Waals surface area contributed by atoms with Crippen LogP contribution in [0.2, 0.25) is 0 Å². The van der Waals surface area contributed by atoms with Crippen molar-refractivity contribution in [2.75, 3.05) is 25.1 Å². The lowest BCUT2D eigenvalue weighted by Crippen LogP contribution is -2.09. The summed E-state index contributed by atoms with van der Waals surface area (Å²) in [5.74, 6) is 0.687. The van der Waals surface area contributed by atoms with Crippen molar-refractivity contribution in [1.29, 1.82) is 0 Å². The van der Waals surface area contributed by atoms with Crippen LogP contribution in [-0.4, -0.2) is 19.8 Å². The maximum Gasteiger partial charge on any atom is 0.195 e. The molecule has 1 N–H and O–H groups in total. The molecule has 0 spiro atoms. The van der Waals surface area contributed by atoms with E-state index in [1.165, 1.54) is 0 Å². The van der Waals surface area contributed by atoms with Crippen LogP contribution in [0, 0.1) is 4.51 Å². The molecule has 18 heavy (non-hydrogen) atoms. The van der Waals surface area contributed by atoms with Gasteiger partial charge >= 0.3 is 0 Å². The Hall–Kier alpha value is -0.430. The van der Waals surface area contributed by atoms with Crippen molar-refractivity contribution in [3.05, 3.63) is 20.4 Å². The zero-order chi connectivity index (χ0) is 13.0. The number of hydrogen-bond donors (Lipinski definition) is 1. The predicted molar refractivity (Wildman–Crippen MR) is 82.2 cm³/mol.